The van der Waals surface area contributed by atoms with Crippen LogP contribution in [-0.2, 0) is 16.0 Å². The van der Waals surface area contributed by atoms with Crippen molar-refractivity contribution in [3.8, 4) is 11.8 Å². The summed E-state index contributed by atoms with van der Waals surface area (Å²) in [4.78, 5) is 24.5. The predicted molar refractivity (Wildman–Crippen MR) is 90.4 cm³/mol. The molecule has 5 heteroatoms. The Morgan fingerprint density at radius 1 is 1.25 bits per heavy atom. The number of ether oxygens (including phenoxy) is 1. The summed E-state index contributed by atoms with van der Waals surface area (Å²) in [7, 11) is 1.60. The lowest BCUT2D eigenvalue weighted by molar-refractivity contribution is -0.132. The lowest BCUT2D eigenvalue weighted by Gasteiger charge is -2.23. The van der Waals surface area contributed by atoms with Gasteiger partial charge in [-0.25, -0.2) is 0 Å². The fourth-order valence-electron chi connectivity index (χ4n) is 3.01. The molecule has 1 aliphatic rings. The van der Waals surface area contributed by atoms with Crippen molar-refractivity contribution in [2.45, 2.75) is 51.0 Å². The van der Waals surface area contributed by atoms with E-state index in [0.717, 1.165) is 37.0 Å². The second-order valence-corrected chi connectivity index (χ2v) is 6.22. The molecule has 1 fully saturated rings. The van der Waals surface area contributed by atoms with Crippen LogP contribution in [0.3, 0.4) is 0 Å². The summed E-state index contributed by atoms with van der Waals surface area (Å²) in [6.07, 6.45) is 5.93. The van der Waals surface area contributed by atoms with E-state index in [4.69, 9.17) is 4.74 Å². The Kier molecular flexibility index (Phi) is 6.80. The fourth-order valence-corrected chi connectivity index (χ4v) is 3.01. The number of nitriles is 1. The van der Waals surface area contributed by atoms with Gasteiger partial charge in [-0.2, -0.15) is 5.26 Å². The lowest BCUT2D eigenvalue weighted by atomic mass is 9.93. The maximum atomic E-state index is 12.2. The molecule has 0 aliphatic heterocycles. The number of hydrogen-bond acceptors (Lipinski definition) is 4. The van der Waals surface area contributed by atoms with E-state index in [2.05, 4.69) is 5.32 Å². The maximum Gasteiger partial charge on any atom is 0.245 e. The van der Waals surface area contributed by atoms with Crippen LogP contribution in [0.1, 0.15) is 44.1 Å². The number of amides is 1. The zero-order valence-electron chi connectivity index (χ0n) is 14.1. The van der Waals surface area contributed by atoms with Gasteiger partial charge in [0.25, 0.3) is 0 Å². The molecule has 5 nitrogen and oxygen atoms in total. The standard InChI is InChI=1S/C19H24N2O3/c1-24-16-10-7-14(8-11-16)9-12-18(22)17(13-20)19(23)21-15-5-3-2-4-6-15/h7-8,10-11,15,17H,2-6,9,12H2,1H3,(H,21,23). The number of aryl methyl sites for hydroxylation is 1. The van der Waals surface area contributed by atoms with Gasteiger partial charge >= 0.3 is 0 Å². The van der Waals surface area contributed by atoms with Crippen molar-refractivity contribution in [1.82, 2.24) is 5.32 Å². The highest BCUT2D eigenvalue weighted by Gasteiger charge is 2.28. The average Bonchev–Trinajstić information content (AvgIpc) is 2.62. The van der Waals surface area contributed by atoms with Gasteiger partial charge in [0.15, 0.2) is 11.7 Å². The van der Waals surface area contributed by atoms with Gasteiger partial charge in [-0.15, -0.1) is 0 Å². The minimum absolute atomic E-state index is 0.108. The van der Waals surface area contributed by atoms with Crippen molar-refractivity contribution in [1.29, 1.82) is 5.26 Å². The number of nitrogens with one attached hydrogen (secondary N) is 1. The highest BCUT2D eigenvalue weighted by Crippen LogP contribution is 2.18. The quantitative estimate of drug-likeness (QED) is 0.781. The van der Waals surface area contributed by atoms with Crippen LogP contribution in [0.25, 0.3) is 0 Å². The van der Waals surface area contributed by atoms with Gasteiger partial charge in [0.2, 0.25) is 5.91 Å². The summed E-state index contributed by atoms with van der Waals surface area (Å²) in [6.45, 7) is 0. The van der Waals surface area contributed by atoms with Crippen LogP contribution in [0.4, 0.5) is 0 Å². The van der Waals surface area contributed by atoms with Crippen molar-refractivity contribution in [3.05, 3.63) is 29.8 Å². The highest BCUT2D eigenvalue weighted by atomic mass is 16.5. The molecule has 0 aromatic heterocycles. The minimum Gasteiger partial charge on any atom is -0.497 e. The lowest BCUT2D eigenvalue weighted by Crippen LogP contribution is -2.42. The third kappa shape index (κ3) is 5.09. The summed E-state index contributed by atoms with van der Waals surface area (Å²) in [6, 6.07) is 9.40. The molecule has 1 aromatic carbocycles. The van der Waals surface area contributed by atoms with Crippen LogP contribution in [0.15, 0.2) is 24.3 Å². The molecule has 2 rings (SSSR count). The molecule has 0 radical (unpaired) electrons. The molecular weight excluding hydrogens is 304 g/mol. The first kappa shape index (κ1) is 18.0. The number of rotatable bonds is 7. The molecular formula is C19H24N2O3. The Morgan fingerprint density at radius 3 is 2.50 bits per heavy atom. The van der Waals surface area contributed by atoms with Gasteiger partial charge in [-0.1, -0.05) is 31.4 Å². The normalized spacial score (nSPS) is 16.0. The van der Waals surface area contributed by atoms with Gasteiger partial charge in [0.1, 0.15) is 5.75 Å². The summed E-state index contributed by atoms with van der Waals surface area (Å²) in [5, 5.41) is 12.1. The molecule has 1 unspecified atom stereocenters. The molecule has 128 valence electrons. The molecule has 0 bridgehead atoms. The summed E-state index contributed by atoms with van der Waals surface area (Å²) >= 11 is 0. The van der Waals surface area contributed by atoms with Crippen molar-refractivity contribution in [3.63, 3.8) is 0 Å². The number of carbonyl (C=O) groups is 2. The van der Waals surface area contributed by atoms with E-state index in [0.29, 0.717) is 6.42 Å². The number of Topliss-reactive ketones (excluding diaryl/α,β-unsaturated/α-hetero) is 1. The van der Waals surface area contributed by atoms with E-state index in [1.54, 1.807) is 7.11 Å². The number of nitrogens with zero attached hydrogens (tertiary/aromatic N) is 1. The fraction of sp³-hybridized carbons (Fsp3) is 0.526. The Hall–Kier alpha value is -2.35. The van der Waals surface area contributed by atoms with Crippen molar-refractivity contribution in [2.75, 3.05) is 7.11 Å². The zero-order chi connectivity index (χ0) is 17.4. The third-order valence-electron chi connectivity index (χ3n) is 4.48. The summed E-state index contributed by atoms with van der Waals surface area (Å²) in [5.41, 5.74) is 0.980. The van der Waals surface area contributed by atoms with E-state index >= 15 is 0 Å². The highest BCUT2D eigenvalue weighted by molar-refractivity contribution is 6.04. The molecule has 1 N–H and O–H groups in total. The monoisotopic (exact) mass is 328 g/mol. The largest absolute Gasteiger partial charge is 0.497 e. The van der Waals surface area contributed by atoms with E-state index in [9.17, 15) is 14.9 Å². The number of carbonyl (C=O) groups excluding carboxylic acids is 2. The van der Waals surface area contributed by atoms with Gasteiger partial charge in [0, 0.05) is 12.5 Å². The first-order chi connectivity index (χ1) is 11.6. The number of benzene rings is 1. The van der Waals surface area contributed by atoms with Crippen LogP contribution < -0.4 is 10.1 Å². The third-order valence-corrected chi connectivity index (χ3v) is 4.48. The predicted octanol–water partition coefficient (Wildman–Crippen LogP) is 2.79. The number of methoxy groups -OCH3 is 1. The molecule has 1 amide bonds. The Morgan fingerprint density at radius 2 is 1.92 bits per heavy atom. The zero-order valence-corrected chi connectivity index (χ0v) is 14.1. The average molecular weight is 328 g/mol. The SMILES string of the molecule is COc1ccc(CCC(=O)C(C#N)C(=O)NC2CCCCC2)cc1. The van der Waals surface area contributed by atoms with Crippen molar-refractivity contribution < 1.29 is 14.3 Å². The van der Waals surface area contributed by atoms with Gasteiger partial charge in [0.05, 0.1) is 13.2 Å². The first-order valence-electron chi connectivity index (χ1n) is 8.49. The van der Waals surface area contributed by atoms with E-state index in [1.807, 2.05) is 30.3 Å². The topological polar surface area (TPSA) is 79.2 Å². The smallest absolute Gasteiger partial charge is 0.245 e. The van der Waals surface area contributed by atoms with E-state index < -0.39 is 11.8 Å². The van der Waals surface area contributed by atoms with Gasteiger partial charge < -0.3 is 10.1 Å². The number of hydrogen-bond donors (Lipinski definition) is 1. The molecule has 0 spiro atoms. The summed E-state index contributed by atoms with van der Waals surface area (Å²) in [5.74, 6) is -1.21. The molecule has 0 heterocycles. The Balaban J connectivity index is 1.85. The molecule has 0 saturated heterocycles. The van der Waals surface area contributed by atoms with Gasteiger partial charge in [-0.3, -0.25) is 9.59 Å². The van der Waals surface area contributed by atoms with Crippen LogP contribution in [0.5, 0.6) is 5.75 Å². The van der Waals surface area contributed by atoms with Crippen LogP contribution in [0, 0.1) is 17.2 Å². The first-order valence-corrected chi connectivity index (χ1v) is 8.49. The summed E-state index contributed by atoms with van der Waals surface area (Å²) < 4.78 is 5.09. The van der Waals surface area contributed by atoms with Crippen LogP contribution >= 0.6 is 0 Å². The second-order valence-electron chi connectivity index (χ2n) is 6.22. The van der Waals surface area contributed by atoms with E-state index in [1.165, 1.54) is 6.42 Å². The Labute approximate surface area is 143 Å². The molecule has 1 aliphatic carbocycles. The van der Waals surface area contributed by atoms with Crippen molar-refractivity contribution >= 4 is 11.7 Å². The Bertz CT molecular complexity index is 598. The van der Waals surface area contributed by atoms with Crippen molar-refractivity contribution in [2.24, 2.45) is 5.92 Å². The van der Waals surface area contributed by atoms with Crippen LogP contribution in [-0.4, -0.2) is 24.8 Å². The van der Waals surface area contributed by atoms with Crippen LogP contribution in [0.2, 0.25) is 0 Å². The maximum absolute atomic E-state index is 12.2. The van der Waals surface area contributed by atoms with E-state index in [-0.39, 0.29) is 18.2 Å². The number of ketones is 1. The second kappa shape index (κ2) is 9.07. The van der Waals surface area contributed by atoms with Gasteiger partial charge in [-0.05, 0) is 37.0 Å². The molecule has 24 heavy (non-hydrogen) atoms. The molecule has 1 saturated carbocycles. The molecule has 1 aromatic rings. The molecule has 1 atom stereocenters. The minimum atomic E-state index is -1.20.